The molecule has 0 bridgehead atoms. The number of aliphatic hydroxyl groups is 1. The Morgan fingerprint density at radius 3 is 2.67 bits per heavy atom. The molecule has 3 nitrogen and oxygen atoms in total. The van der Waals surface area contributed by atoms with Crippen molar-refractivity contribution in [2.24, 2.45) is 5.73 Å². The molecule has 102 valence electrons. The second-order valence-corrected chi connectivity index (χ2v) is 5.37. The van der Waals surface area contributed by atoms with E-state index in [2.05, 4.69) is 15.9 Å². The highest BCUT2D eigenvalue weighted by atomic mass is 79.9. The molecule has 1 aromatic carbocycles. The molecular weight excluding hydrogens is 294 g/mol. The van der Waals surface area contributed by atoms with Crippen LogP contribution in [0.3, 0.4) is 0 Å². The summed E-state index contributed by atoms with van der Waals surface area (Å²) in [5.74, 6) is 0.871. The van der Waals surface area contributed by atoms with Crippen molar-refractivity contribution in [1.29, 1.82) is 0 Å². The van der Waals surface area contributed by atoms with Gasteiger partial charge in [-0.25, -0.2) is 0 Å². The van der Waals surface area contributed by atoms with Crippen LogP contribution in [0, 0.1) is 0 Å². The first-order valence-electron chi connectivity index (χ1n) is 6.44. The van der Waals surface area contributed by atoms with Crippen molar-refractivity contribution in [3.8, 4) is 5.75 Å². The van der Waals surface area contributed by atoms with Crippen LogP contribution in [0.1, 0.15) is 44.2 Å². The summed E-state index contributed by atoms with van der Waals surface area (Å²) in [4.78, 5) is 0. The lowest BCUT2D eigenvalue weighted by molar-refractivity contribution is 0.272. The topological polar surface area (TPSA) is 55.5 Å². The van der Waals surface area contributed by atoms with E-state index in [-0.39, 0.29) is 12.6 Å². The Kier molecular flexibility index (Phi) is 7.32. The average Bonchev–Trinajstić information content (AvgIpc) is 2.35. The van der Waals surface area contributed by atoms with Crippen molar-refractivity contribution in [2.45, 2.75) is 38.6 Å². The molecule has 18 heavy (non-hydrogen) atoms. The molecule has 0 aliphatic heterocycles. The van der Waals surface area contributed by atoms with E-state index in [4.69, 9.17) is 15.6 Å². The molecule has 0 unspecified atom stereocenters. The Hall–Kier alpha value is -0.580. The van der Waals surface area contributed by atoms with Gasteiger partial charge < -0.3 is 15.6 Å². The Labute approximate surface area is 117 Å². The quantitative estimate of drug-likeness (QED) is 0.723. The van der Waals surface area contributed by atoms with Gasteiger partial charge in [-0.15, -0.1) is 0 Å². The van der Waals surface area contributed by atoms with Crippen LogP contribution >= 0.6 is 15.9 Å². The molecule has 1 rings (SSSR count). The maximum Gasteiger partial charge on any atom is 0.124 e. The van der Waals surface area contributed by atoms with Gasteiger partial charge in [0.25, 0.3) is 0 Å². The Morgan fingerprint density at radius 1 is 1.28 bits per heavy atom. The van der Waals surface area contributed by atoms with E-state index in [9.17, 15) is 0 Å². The molecule has 0 aromatic heterocycles. The fraction of sp³-hybridized carbons (Fsp3) is 0.571. The monoisotopic (exact) mass is 315 g/mol. The Balaban J connectivity index is 2.42. The van der Waals surface area contributed by atoms with Gasteiger partial charge in [0.05, 0.1) is 6.61 Å². The minimum Gasteiger partial charge on any atom is -0.493 e. The van der Waals surface area contributed by atoms with Crippen LogP contribution in [-0.4, -0.2) is 18.3 Å². The summed E-state index contributed by atoms with van der Waals surface area (Å²) in [6, 6.07) is 5.89. The molecule has 0 aliphatic carbocycles. The Bertz CT molecular complexity index is 356. The maximum absolute atomic E-state index is 8.67. The van der Waals surface area contributed by atoms with Gasteiger partial charge in [-0.3, -0.25) is 0 Å². The van der Waals surface area contributed by atoms with Gasteiger partial charge in [0, 0.05) is 22.7 Å². The molecule has 0 aliphatic rings. The third-order valence-corrected chi connectivity index (χ3v) is 3.27. The van der Waals surface area contributed by atoms with Crippen LogP contribution in [0.15, 0.2) is 22.7 Å². The average molecular weight is 316 g/mol. The minimum absolute atomic E-state index is 0.0353. The molecule has 0 radical (unpaired) electrons. The van der Waals surface area contributed by atoms with Gasteiger partial charge in [0.1, 0.15) is 5.75 Å². The van der Waals surface area contributed by atoms with Crippen molar-refractivity contribution < 1.29 is 9.84 Å². The van der Waals surface area contributed by atoms with Crippen LogP contribution in [0.4, 0.5) is 0 Å². The normalized spacial score (nSPS) is 12.4. The summed E-state index contributed by atoms with van der Waals surface area (Å²) < 4.78 is 6.79. The molecule has 4 heteroatoms. The van der Waals surface area contributed by atoms with E-state index < -0.39 is 0 Å². The molecule has 1 aromatic rings. The molecule has 0 saturated heterocycles. The van der Waals surface area contributed by atoms with Crippen molar-refractivity contribution in [2.75, 3.05) is 13.2 Å². The standard InChI is InChI=1S/C14H22BrNO2/c1-11(16)13-10-12(15)6-7-14(13)18-9-5-3-2-4-8-17/h6-7,10-11,17H,2-5,8-9,16H2,1H3/t11-/m1/s1. The zero-order chi connectivity index (χ0) is 13.4. The number of ether oxygens (including phenoxy) is 1. The van der Waals surface area contributed by atoms with Gasteiger partial charge in [-0.2, -0.15) is 0 Å². The summed E-state index contributed by atoms with van der Waals surface area (Å²) in [5, 5.41) is 8.67. The van der Waals surface area contributed by atoms with Crippen LogP contribution in [0.25, 0.3) is 0 Å². The summed E-state index contributed by atoms with van der Waals surface area (Å²) in [5.41, 5.74) is 6.95. The van der Waals surface area contributed by atoms with Crippen LogP contribution in [-0.2, 0) is 0 Å². The van der Waals surface area contributed by atoms with E-state index in [0.717, 1.165) is 41.5 Å². The van der Waals surface area contributed by atoms with E-state index in [1.807, 2.05) is 25.1 Å². The van der Waals surface area contributed by atoms with E-state index in [0.29, 0.717) is 6.61 Å². The number of nitrogens with two attached hydrogens (primary N) is 1. The highest BCUT2D eigenvalue weighted by Gasteiger charge is 2.08. The summed E-state index contributed by atoms with van der Waals surface area (Å²) in [6.45, 7) is 2.94. The second-order valence-electron chi connectivity index (χ2n) is 4.46. The molecule has 0 fully saturated rings. The SMILES string of the molecule is C[C@@H](N)c1cc(Br)ccc1OCCCCCCO. The lowest BCUT2D eigenvalue weighted by Gasteiger charge is -2.14. The fourth-order valence-corrected chi connectivity index (χ4v) is 2.13. The molecule has 0 heterocycles. The van der Waals surface area contributed by atoms with E-state index in [1.165, 1.54) is 0 Å². The predicted octanol–water partition coefficient (Wildman–Crippen LogP) is 3.40. The maximum atomic E-state index is 8.67. The third kappa shape index (κ3) is 5.38. The molecule has 3 N–H and O–H groups in total. The van der Waals surface area contributed by atoms with Gasteiger partial charge >= 0.3 is 0 Å². The number of unbranched alkanes of at least 4 members (excludes halogenated alkanes) is 3. The highest BCUT2D eigenvalue weighted by Crippen LogP contribution is 2.27. The largest absolute Gasteiger partial charge is 0.493 e. The number of aliphatic hydroxyl groups excluding tert-OH is 1. The number of hydrogen-bond acceptors (Lipinski definition) is 3. The molecule has 1 atom stereocenters. The van der Waals surface area contributed by atoms with Gasteiger partial charge in [0.15, 0.2) is 0 Å². The van der Waals surface area contributed by atoms with Crippen LogP contribution in [0.5, 0.6) is 5.75 Å². The molecule has 0 amide bonds. The zero-order valence-corrected chi connectivity index (χ0v) is 12.4. The number of halogens is 1. The van der Waals surface area contributed by atoms with E-state index >= 15 is 0 Å². The van der Waals surface area contributed by atoms with Crippen molar-refractivity contribution in [3.05, 3.63) is 28.2 Å². The summed E-state index contributed by atoms with van der Waals surface area (Å²) in [7, 11) is 0. The first kappa shape index (κ1) is 15.5. The highest BCUT2D eigenvalue weighted by molar-refractivity contribution is 9.10. The van der Waals surface area contributed by atoms with E-state index in [1.54, 1.807) is 0 Å². The first-order chi connectivity index (χ1) is 8.65. The molecule has 0 spiro atoms. The van der Waals surface area contributed by atoms with Crippen molar-refractivity contribution in [1.82, 2.24) is 0 Å². The van der Waals surface area contributed by atoms with Crippen LogP contribution < -0.4 is 10.5 Å². The zero-order valence-electron chi connectivity index (χ0n) is 10.9. The summed E-state index contributed by atoms with van der Waals surface area (Å²) in [6.07, 6.45) is 4.03. The lowest BCUT2D eigenvalue weighted by Crippen LogP contribution is -2.08. The number of rotatable bonds is 8. The van der Waals surface area contributed by atoms with Crippen molar-refractivity contribution >= 4 is 15.9 Å². The fourth-order valence-electron chi connectivity index (χ4n) is 1.76. The Morgan fingerprint density at radius 2 is 2.00 bits per heavy atom. The van der Waals surface area contributed by atoms with Gasteiger partial charge in [-0.1, -0.05) is 22.4 Å². The number of hydrogen-bond donors (Lipinski definition) is 2. The van der Waals surface area contributed by atoms with Gasteiger partial charge in [-0.05, 0) is 44.4 Å². The number of benzene rings is 1. The molecular formula is C14H22BrNO2. The third-order valence-electron chi connectivity index (χ3n) is 2.77. The minimum atomic E-state index is -0.0353. The van der Waals surface area contributed by atoms with Crippen LogP contribution in [0.2, 0.25) is 0 Å². The lowest BCUT2D eigenvalue weighted by atomic mass is 10.1. The first-order valence-corrected chi connectivity index (χ1v) is 7.23. The van der Waals surface area contributed by atoms with Crippen molar-refractivity contribution in [3.63, 3.8) is 0 Å². The predicted molar refractivity (Wildman–Crippen MR) is 77.8 cm³/mol. The van der Waals surface area contributed by atoms with Gasteiger partial charge in [0.2, 0.25) is 0 Å². The second kappa shape index (κ2) is 8.51. The molecule has 0 saturated carbocycles. The summed E-state index contributed by atoms with van der Waals surface area (Å²) >= 11 is 3.44. The smallest absolute Gasteiger partial charge is 0.124 e.